The van der Waals surface area contributed by atoms with E-state index in [1.54, 1.807) is 17.1 Å². The molecule has 5 nitrogen and oxygen atoms in total. The van der Waals surface area contributed by atoms with E-state index in [4.69, 9.17) is 5.26 Å². The summed E-state index contributed by atoms with van der Waals surface area (Å²) < 4.78 is 1.75. The Morgan fingerprint density at radius 1 is 1.18 bits per heavy atom. The molecule has 0 amide bonds. The average Bonchev–Trinajstić information content (AvgIpc) is 3.40. The second-order valence-electron chi connectivity index (χ2n) is 13.1. The van der Waals surface area contributed by atoms with Gasteiger partial charge in [-0.1, -0.05) is 27.2 Å². The first-order valence-corrected chi connectivity index (χ1v) is 13.4. The number of nitriles is 1. The summed E-state index contributed by atoms with van der Waals surface area (Å²) in [6, 6.07) is 2.14. The second-order valence-corrected chi connectivity index (χ2v) is 13.1. The maximum absolute atomic E-state index is 11.7. The smallest absolute Gasteiger partial charge is 0.102 e. The van der Waals surface area contributed by atoms with Crippen LogP contribution in [0.5, 0.6) is 0 Å². The molecule has 2 N–H and O–H groups in total. The SMILES string of the molecule is CCC[C@]1(O)CC2CC[C@@H]3C(CC[C@@]4(C)C3CC[C@@H]4[C@@](C)(O)Cn3cc(C#N)cn3)[C@@]2(C)C1. The minimum atomic E-state index is -0.842. The molecule has 5 rings (SSSR count). The van der Waals surface area contributed by atoms with Gasteiger partial charge in [0.15, 0.2) is 0 Å². The highest BCUT2D eigenvalue weighted by Crippen LogP contribution is 2.70. The second kappa shape index (κ2) is 7.82. The summed E-state index contributed by atoms with van der Waals surface area (Å²) in [5.41, 5.74) is -0.316. The molecule has 1 heterocycles. The Balaban J connectivity index is 1.36. The Morgan fingerprint density at radius 2 is 1.94 bits per heavy atom. The molecule has 33 heavy (non-hydrogen) atoms. The van der Waals surface area contributed by atoms with Crippen molar-refractivity contribution in [1.29, 1.82) is 5.26 Å². The van der Waals surface area contributed by atoms with E-state index in [-0.39, 0.29) is 16.7 Å². The van der Waals surface area contributed by atoms with Crippen LogP contribution >= 0.6 is 0 Å². The van der Waals surface area contributed by atoms with Crippen molar-refractivity contribution in [2.24, 2.45) is 40.4 Å². The Labute approximate surface area is 199 Å². The topological polar surface area (TPSA) is 82.1 Å². The van der Waals surface area contributed by atoms with Crippen molar-refractivity contribution < 1.29 is 10.2 Å². The number of rotatable bonds is 5. The van der Waals surface area contributed by atoms with E-state index < -0.39 is 11.2 Å². The van der Waals surface area contributed by atoms with Gasteiger partial charge in [0.05, 0.1) is 29.5 Å². The van der Waals surface area contributed by atoms with Crippen LogP contribution in [0.2, 0.25) is 0 Å². The lowest BCUT2D eigenvalue weighted by atomic mass is 9.47. The molecule has 5 heteroatoms. The van der Waals surface area contributed by atoms with Crippen molar-refractivity contribution in [2.75, 3.05) is 0 Å². The van der Waals surface area contributed by atoms with Gasteiger partial charge >= 0.3 is 0 Å². The summed E-state index contributed by atoms with van der Waals surface area (Å²) in [6.07, 6.45) is 14.6. The van der Waals surface area contributed by atoms with Crippen LogP contribution < -0.4 is 0 Å². The lowest BCUT2D eigenvalue weighted by Gasteiger charge is -2.58. The minimum absolute atomic E-state index is 0.150. The minimum Gasteiger partial charge on any atom is -0.390 e. The van der Waals surface area contributed by atoms with Gasteiger partial charge in [0.25, 0.3) is 0 Å². The van der Waals surface area contributed by atoms with Gasteiger partial charge in [-0.3, -0.25) is 4.68 Å². The standard InChI is InChI=1S/C28H43N3O2/c1-5-11-28(33)13-20-6-7-21-22-8-9-24(25(22,2)12-10-23(21)26(20,3)17-28)27(4,32)18-31-16-19(14-29)15-30-31/h15-16,20-24,32-33H,5-13,17-18H2,1-4H3/t20?,21-,22?,23?,24-,25-,26-,27-,28-/m0/s1. The fourth-order valence-corrected chi connectivity index (χ4v) is 10.0. The van der Waals surface area contributed by atoms with Crippen LogP contribution in [-0.2, 0) is 6.54 Å². The summed E-state index contributed by atoms with van der Waals surface area (Å²) in [6.45, 7) is 9.61. The zero-order valence-corrected chi connectivity index (χ0v) is 21.1. The summed E-state index contributed by atoms with van der Waals surface area (Å²) in [5.74, 6) is 3.03. The molecule has 1 aromatic rings. The van der Waals surface area contributed by atoms with Crippen molar-refractivity contribution in [3.63, 3.8) is 0 Å². The highest BCUT2D eigenvalue weighted by atomic mass is 16.3. The monoisotopic (exact) mass is 453 g/mol. The molecule has 4 aliphatic carbocycles. The van der Waals surface area contributed by atoms with E-state index in [9.17, 15) is 10.2 Å². The molecule has 1 aromatic heterocycles. The van der Waals surface area contributed by atoms with Crippen molar-refractivity contribution >= 4 is 0 Å². The summed E-state index contributed by atoms with van der Waals surface area (Å²) >= 11 is 0. The zero-order chi connectivity index (χ0) is 23.6. The number of aliphatic hydroxyl groups is 2. The molecule has 4 aliphatic rings. The lowest BCUT2D eigenvalue weighted by Crippen LogP contribution is -2.54. The molecule has 4 fully saturated rings. The quantitative estimate of drug-likeness (QED) is 0.633. The Bertz CT molecular complexity index is 934. The third-order valence-corrected chi connectivity index (χ3v) is 11.1. The molecule has 0 aliphatic heterocycles. The van der Waals surface area contributed by atoms with Gasteiger partial charge in [0.1, 0.15) is 6.07 Å². The molecular formula is C28H43N3O2. The third-order valence-electron chi connectivity index (χ3n) is 11.1. The molecule has 0 spiro atoms. The van der Waals surface area contributed by atoms with Gasteiger partial charge < -0.3 is 10.2 Å². The van der Waals surface area contributed by atoms with Crippen LogP contribution in [0.4, 0.5) is 0 Å². The van der Waals surface area contributed by atoms with Crippen molar-refractivity contribution in [3.05, 3.63) is 18.0 Å². The highest BCUT2D eigenvalue weighted by molar-refractivity contribution is 5.22. The van der Waals surface area contributed by atoms with Crippen LogP contribution in [0.15, 0.2) is 12.4 Å². The predicted octanol–water partition coefficient (Wildman–Crippen LogP) is 5.31. The van der Waals surface area contributed by atoms with Crippen LogP contribution in [0.25, 0.3) is 0 Å². The highest BCUT2D eigenvalue weighted by Gasteiger charge is 2.64. The van der Waals surface area contributed by atoms with Crippen LogP contribution in [0, 0.1) is 51.8 Å². The van der Waals surface area contributed by atoms with Gasteiger partial charge in [-0.05, 0) is 105 Å². The third kappa shape index (κ3) is 3.59. The molecule has 4 saturated carbocycles. The molecule has 9 atom stereocenters. The average molecular weight is 454 g/mol. The first-order chi connectivity index (χ1) is 15.5. The van der Waals surface area contributed by atoms with E-state index in [2.05, 4.69) is 31.9 Å². The van der Waals surface area contributed by atoms with Crippen LogP contribution in [0.1, 0.15) is 97.5 Å². The molecule has 0 bridgehead atoms. The van der Waals surface area contributed by atoms with E-state index >= 15 is 0 Å². The predicted molar refractivity (Wildman–Crippen MR) is 128 cm³/mol. The number of hydrogen-bond acceptors (Lipinski definition) is 4. The summed E-state index contributed by atoms with van der Waals surface area (Å²) in [7, 11) is 0. The molecule has 3 unspecified atom stereocenters. The molecule has 0 aromatic carbocycles. The Morgan fingerprint density at radius 3 is 2.64 bits per heavy atom. The number of hydrogen-bond donors (Lipinski definition) is 2. The van der Waals surface area contributed by atoms with Crippen molar-refractivity contribution in [2.45, 2.75) is 110 Å². The normalized spacial score (nSPS) is 46.2. The lowest BCUT2D eigenvalue weighted by molar-refractivity contribution is -0.125. The number of aromatic nitrogens is 2. The van der Waals surface area contributed by atoms with Crippen LogP contribution in [0.3, 0.4) is 0 Å². The van der Waals surface area contributed by atoms with E-state index in [0.29, 0.717) is 29.9 Å². The fourth-order valence-electron chi connectivity index (χ4n) is 10.0. The van der Waals surface area contributed by atoms with E-state index in [1.807, 2.05) is 6.92 Å². The van der Waals surface area contributed by atoms with Gasteiger partial charge in [0.2, 0.25) is 0 Å². The van der Waals surface area contributed by atoms with Gasteiger partial charge in [0, 0.05) is 6.20 Å². The van der Waals surface area contributed by atoms with Crippen molar-refractivity contribution in [1.82, 2.24) is 9.78 Å². The fraction of sp³-hybridized carbons (Fsp3) is 0.857. The molecule has 182 valence electrons. The maximum Gasteiger partial charge on any atom is 0.102 e. The summed E-state index contributed by atoms with van der Waals surface area (Å²) in [5, 5.41) is 36.5. The Hall–Kier alpha value is -1.38. The first-order valence-electron chi connectivity index (χ1n) is 13.4. The van der Waals surface area contributed by atoms with Gasteiger partial charge in [-0.25, -0.2) is 0 Å². The van der Waals surface area contributed by atoms with Gasteiger partial charge in [-0.15, -0.1) is 0 Å². The number of nitrogens with zero attached hydrogens (tertiary/aromatic N) is 3. The summed E-state index contributed by atoms with van der Waals surface area (Å²) in [4.78, 5) is 0. The Kier molecular flexibility index (Phi) is 5.54. The first kappa shape index (κ1) is 23.4. The van der Waals surface area contributed by atoms with E-state index in [0.717, 1.165) is 38.0 Å². The van der Waals surface area contributed by atoms with Gasteiger partial charge in [-0.2, -0.15) is 10.4 Å². The molecule has 0 saturated heterocycles. The molecular weight excluding hydrogens is 410 g/mol. The number of fused-ring (bicyclic) bond motifs is 5. The maximum atomic E-state index is 11.7. The van der Waals surface area contributed by atoms with E-state index in [1.165, 1.54) is 32.1 Å². The van der Waals surface area contributed by atoms with Crippen molar-refractivity contribution in [3.8, 4) is 6.07 Å². The largest absolute Gasteiger partial charge is 0.390 e. The zero-order valence-electron chi connectivity index (χ0n) is 21.1. The molecule has 0 radical (unpaired) electrons. The van der Waals surface area contributed by atoms with Crippen LogP contribution in [-0.4, -0.2) is 31.2 Å².